The quantitative estimate of drug-likeness (QED) is 0.622. The van der Waals surface area contributed by atoms with Crippen LogP contribution < -0.4 is 5.32 Å². The van der Waals surface area contributed by atoms with Gasteiger partial charge in [0.2, 0.25) is 5.91 Å². The lowest BCUT2D eigenvalue weighted by atomic mass is 9.94. The zero-order valence-electron chi connectivity index (χ0n) is 19.9. The molecule has 0 radical (unpaired) electrons. The van der Waals surface area contributed by atoms with Gasteiger partial charge >= 0.3 is 12.0 Å². The van der Waals surface area contributed by atoms with Crippen molar-refractivity contribution in [1.82, 2.24) is 20.0 Å². The van der Waals surface area contributed by atoms with E-state index in [2.05, 4.69) is 10.2 Å². The molecule has 1 N–H and O–H groups in total. The Hall–Kier alpha value is -2.58. The first-order chi connectivity index (χ1) is 16.4. The fourth-order valence-electron chi connectivity index (χ4n) is 5.11. The first-order valence-corrected chi connectivity index (χ1v) is 12.5. The number of ether oxygens (including phenoxy) is 1. The third-order valence-corrected chi connectivity index (χ3v) is 7.39. The molecule has 1 saturated carbocycles. The van der Waals surface area contributed by atoms with Crippen molar-refractivity contribution >= 4 is 29.5 Å². The van der Waals surface area contributed by atoms with E-state index in [9.17, 15) is 14.4 Å². The summed E-state index contributed by atoms with van der Waals surface area (Å²) < 4.78 is 5.39. The van der Waals surface area contributed by atoms with E-state index in [4.69, 9.17) is 16.3 Å². The first kappa shape index (κ1) is 24.5. The van der Waals surface area contributed by atoms with Crippen molar-refractivity contribution in [2.24, 2.45) is 5.92 Å². The van der Waals surface area contributed by atoms with Crippen LogP contribution in [0.1, 0.15) is 44.2 Å². The summed E-state index contributed by atoms with van der Waals surface area (Å²) in [5, 5.41) is 3.38. The molecule has 1 saturated heterocycles. The van der Waals surface area contributed by atoms with E-state index in [1.165, 1.54) is 4.90 Å². The number of urea groups is 1. The Kier molecular flexibility index (Phi) is 7.78. The Balaban J connectivity index is 1.57. The molecule has 0 spiro atoms. The van der Waals surface area contributed by atoms with Gasteiger partial charge in [0, 0.05) is 56.4 Å². The largest absolute Gasteiger partial charge is 0.463 e. The first-order valence-electron chi connectivity index (χ1n) is 12.1. The van der Waals surface area contributed by atoms with Crippen molar-refractivity contribution in [3.63, 3.8) is 0 Å². The molecular weight excluding hydrogens is 456 g/mol. The van der Waals surface area contributed by atoms with Crippen LogP contribution in [-0.2, 0) is 14.3 Å². The summed E-state index contributed by atoms with van der Waals surface area (Å²) in [5.41, 5.74) is 1.64. The molecule has 2 heterocycles. The highest BCUT2D eigenvalue weighted by atomic mass is 35.5. The van der Waals surface area contributed by atoms with Gasteiger partial charge < -0.3 is 15.0 Å². The van der Waals surface area contributed by atoms with Crippen LogP contribution in [0.15, 0.2) is 35.5 Å². The Morgan fingerprint density at radius 1 is 1.12 bits per heavy atom. The summed E-state index contributed by atoms with van der Waals surface area (Å²) in [6, 6.07) is 6.19. The van der Waals surface area contributed by atoms with Crippen molar-refractivity contribution in [2.45, 2.75) is 38.6 Å². The summed E-state index contributed by atoms with van der Waals surface area (Å²) in [7, 11) is 1.66. The molecule has 34 heavy (non-hydrogen) atoms. The molecule has 9 heteroatoms. The number of carbonyl (C=O) groups is 3. The smallest absolute Gasteiger partial charge is 0.338 e. The molecule has 0 bridgehead atoms. The monoisotopic (exact) mass is 488 g/mol. The predicted molar refractivity (Wildman–Crippen MR) is 129 cm³/mol. The fourth-order valence-corrected chi connectivity index (χ4v) is 5.35. The number of hydrogen-bond donors (Lipinski definition) is 1. The van der Waals surface area contributed by atoms with E-state index < -0.39 is 12.0 Å². The molecule has 1 aromatic carbocycles. The zero-order valence-corrected chi connectivity index (χ0v) is 20.6. The number of nitrogens with one attached hydrogen (secondary N) is 1. The van der Waals surface area contributed by atoms with E-state index in [1.807, 2.05) is 23.1 Å². The lowest BCUT2D eigenvalue weighted by Gasteiger charge is -2.40. The Morgan fingerprint density at radius 2 is 1.79 bits per heavy atom. The van der Waals surface area contributed by atoms with E-state index in [0.29, 0.717) is 54.6 Å². The van der Waals surface area contributed by atoms with Gasteiger partial charge in [-0.15, -0.1) is 0 Å². The SMILES string of the molecule is CCOC(=O)C1=C(CN2CCN(C(=O)C3CCCC3)CC2)N(C)C(=O)NC1c1ccccc1Cl. The molecule has 3 amide bonds. The second-order valence-corrected chi connectivity index (χ2v) is 9.53. The maximum atomic E-state index is 13.1. The molecule has 8 nitrogen and oxygen atoms in total. The lowest BCUT2D eigenvalue weighted by Crippen LogP contribution is -2.53. The van der Waals surface area contributed by atoms with E-state index in [1.54, 1.807) is 20.0 Å². The number of halogens is 1. The number of benzene rings is 1. The maximum Gasteiger partial charge on any atom is 0.338 e. The second kappa shape index (κ2) is 10.8. The number of carbonyl (C=O) groups excluding carboxylic acids is 3. The van der Waals surface area contributed by atoms with Gasteiger partial charge in [-0.05, 0) is 31.4 Å². The van der Waals surface area contributed by atoms with Crippen molar-refractivity contribution in [2.75, 3.05) is 46.4 Å². The Labute approximate surface area is 205 Å². The van der Waals surface area contributed by atoms with Gasteiger partial charge in [0.15, 0.2) is 0 Å². The minimum atomic E-state index is -0.698. The summed E-state index contributed by atoms with van der Waals surface area (Å²) in [4.78, 5) is 44.4. The number of hydrogen-bond acceptors (Lipinski definition) is 5. The van der Waals surface area contributed by atoms with E-state index in [-0.39, 0.29) is 24.5 Å². The number of rotatable bonds is 6. The topological polar surface area (TPSA) is 82.2 Å². The molecule has 1 aliphatic carbocycles. The van der Waals surface area contributed by atoms with Crippen LogP contribution in [0.2, 0.25) is 5.02 Å². The second-order valence-electron chi connectivity index (χ2n) is 9.13. The number of nitrogens with zero attached hydrogens (tertiary/aromatic N) is 3. The molecule has 184 valence electrons. The average Bonchev–Trinajstić information content (AvgIpc) is 3.37. The summed E-state index contributed by atoms with van der Waals surface area (Å²) in [5.74, 6) is -0.0185. The van der Waals surface area contributed by atoms with E-state index in [0.717, 1.165) is 25.7 Å². The number of amides is 3. The van der Waals surface area contributed by atoms with Crippen LogP contribution in [-0.4, -0.2) is 79.0 Å². The van der Waals surface area contributed by atoms with Crippen molar-refractivity contribution in [1.29, 1.82) is 0 Å². The van der Waals surface area contributed by atoms with Crippen LogP contribution in [0.3, 0.4) is 0 Å². The molecule has 1 unspecified atom stereocenters. The molecule has 1 atom stereocenters. The van der Waals surface area contributed by atoms with Crippen molar-refractivity contribution in [3.8, 4) is 0 Å². The summed E-state index contributed by atoms with van der Waals surface area (Å²) in [6.07, 6.45) is 4.28. The normalized spacial score (nSPS) is 22.2. The zero-order chi connectivity index (χ0) is 24.2. The lowest BCUT2D eigenvalue weighted by molar-refractivity contribution is -0.139. The third kappa shape index (κ3) is 5.08. The Morgan fingerprint density at radius 3 is 2.44 bits per heavy atom. The standard InChI is InChI=1S/C25H33ClN4O4/c1-3-34-24(32)21-20(28(2)25(33)27-22(21)18-10-6-7-11-19(18)26)16-29-12-14-30(15-13-29)23(31)17-8-4-5-9-17/h6-7,10-11,17,22H,3-5,8-9,12-16H2,1-2H3,(H,27,33). The number of likely N-dealkylation sites (N-methyl/N-ethyl adjacent to an activating group) is 1. The molecule has 2 aliphatic heterocycles. The van der Waals surface area contributed by atoms with Crippen molar-refractivity contribution < 1.29 is 19.1 Å². The minimum absolute atomic E-state index is 0.175. The average molecular weight is 489 g/mol. The van der Waals surface area contributed by atoms with Gasteiger partial charge in [0.25, 0.3) is 0 Å². The minimum Gasteiger partial charge on any atom is -0.463 e. The maximum absolute atomic E-state index is 13.1. The predicted octanol–water partition coefficient (Wildman–Crippen LogP) is 3.19. The molecule has 0 aromatic heterocycles. The Bertz CT molecular complexity index is 967. The molecule has 4 rings (SSSR count). The third-order valence-electron chi connectivity index (χ3n) is 7.05. The van der Waals surface area contributed by atoms with Crippen LogP contribution >= 0.6 is 11.6 Å². The highest BCUT2D eigenvalue weighted by Crippen LogP contribution is 2.35. The number of esters is 1. The van der Waals surface area contributed by atoms with Gasteiger partial charge in [-0.2, -0.15) is 0 Å². The van der Waals surface area contributed by atoms with E-state index >= 15 is 0 Å². The van der Waals surface area contributed by atoms with Crippen LogP contribution in [0.25, 0.3) is 0 Å². The fraction of sp³-hybridized carbons (Fsp3) is 0.560. The van der Waals surface area contributed by atoms with Crippen LogP contribution in [0.4, 0.5) is 4.79 Å². The van der Waals surface area contributed by atoms with Gasteiger partial charge in [-0.3, -0.25) is 14.6 Å². The molecule has 1 aromatic rings. The van der Waals surface area contributed by atoms with Crippen LogP contribution in [0, 0.1) is 5.92 Å². The summed E-state index contributed by atoms with van der Waals surface area (Å²) in [6.45, 7) is 5.07. The van der Waals surface area contributed by atoms with Crippen LogP contribution in [0.5, 0.6) is 0 Å². The molecular formula is C25H33ClN4O4. The highest BCUT2D eigenvalue weighted by Gasteiger charge is 2.38. The van der Waals surface area contributed by atoms with Crippen molar-refractivity contribution in [3.05, 3.63) is 46.1 Å². The van der Waals surface area contributed by atoms with Gasteiger partial charge in [0.1, 0.15) is 0 Å². The molecule has 2 fully saturated rings. The summed E-state index contributed by atoms with van der Waals surface area (Å²) >= 11 is 6.44. The van der Waals surface area contributed by atoms with Gasteiger partial charge in [0.05, 0.1) is 18.2 Å². The van der Waals surface area contributed by atoms with Gasteiger partial charge in [-0.25, -0.2) is 9.59 Å². The number of piperazine rings is 1. The highest BCUT2D eigenvalue weighted by molar-refractivity contribution is 6.31. The van der Waals surface area contributed by atoms with Gasteiger partial charge in [-0.1, -0.05) is 42.6 Å². The molecule has 3 aliphatic rings.